The van der Waals surface area contributed by atoms with Crippen LogP contribution in [0.4, 0.5) is 0 Å². The van der Waals surface area contributed by atoms with E-state index in [1.54, 1.807) is 24.4 Å². The first kappa shape index (κ1) is 11.3. The summed E-state index contributed by atoms with van der Waals surface area (Å²) in [4.78, 5) is 15.0. The summed E-state index contributed by atoms with van der Waals surface area (Å²) < 4.78 is 1.44. The number of hydrogen-bond acceptors (Lipinski definition) is 3. The molecule has 82 valence electrons. The second-order valence-corrected chi connectivity index (χ2v) is 4.00. The molecule has 0 bridgehead atoms. The highest BCUT2D eigenvalue weighted by Crippen LogP contribution is 2.19. The highest BCUT2D eigenvalue weighted by molar-refractivity contribution is 9.08. The van der Waals surface area contributed by atoms with Gasteiger partial charge in [-0.05, 0) is 18.2 Å². The van der Waals surface area contributed by atoms with Crippen LogP contribution in [-0.2, 0) is 5.33 Å². The highest BCUT2D eigenvalue weighted by Gasteiger charge is 2.11. The van der Waals surface area contributed by atoms with Crippen LogP contribution in [0.15, 0.2) is 24.4 Å². The van der Waals surface area contributed by atoms with E-state index in [1.807, 2.05) is 0 Å². The number of aldehydes is 1. The molecule has 0 radical (unpaired) electrons. The zero-order valence-electron chi connectivity index (χ0n) is 8.10. The Labute approximate surface area is 105 Å². The van der Waals surface area contributed by atoms with E-state index in [2.05, 4.69) is 26.0 Å². The molecule has 2 aromatic rings. The quantitative estimate of drug-likeness (QED) is 0.647. The maximum Gasteiger partial charge on any atom is 0.172 e. The third kappa shape index (κ3) is 2.01. The average molecular weight is 301 g/mol. The molecule has 0 atom stereocenters. The molecule has 4 nitrogen and oxygen atoms in total. The monoisotopic (exact) mass is 299 g/mol. The second kappa shape index (κ2) is 4.76. The van der Waals surface area contributed by atoms with Crippen LogP contribution in [0.25, 0.3) is 5.82 Å². The van der Waals surface area contributed by atoms with E-state index in [4.69, 9.17) is 11.6 Å². The molecule has 2 rings (SSSR count). The molecule has 16 heavy (non-hydrogen) atoms. The van der Waals surface area contributed by atoms with Crippen LogP contribution in [0.1, 0.15) is 16.2 Å². The standard InChI is InChI=1S/C10H7BrClN3O/c11-5-7-4-8(6-16)15(14-7)10-9(12)2-1-3-13-10/h1-4,6H,5H2. The van der Waals surface area contributed by atoms with Crippen molar-refractivity contribution in [3.63, 3.8) is 0 Å². The molecule has 0 unspecified atom stereocenters. The van der Waals surface area contributed by atoms with Crippen LogP contribution in [-0.4, -0.2) is 21.1 Å². The Morgan fingerprint density at radius 3 is 3.00 bits per heavy atom. The minimum absolute atomic E-state index is 0.426. The Balaban J connectivity index is 2.59. The van der Waals surface area contributed by atoms with Gasteiger partial charge in [-0.1, -0.05) is 27.5 Å². The van der Waals surface area contributed by atoms with Crippen LogP contribution in [0.3, 0.4) is 0 Å². The SMILES string of the molecule is O=Cc1cc(CBr)nn1-c1ncccc1Cl. The normalized spacial score (nSPS) is 10.4. The predicted octanol–water partition coefficient (Wildman–Crippen LogP) is 2.63. The van der Waals surface area contributed by atoms with Crippen molar-refractivity contribution in [1.29, 1.82) is 0 Å². The zero-order valence-corrected chi connectivity index (χ0v) is 10.4. The second-order valence-electron chi connectivity index (χ2n) is 3.03. The van der Waals surface area contributed by atoms with Gasteiger partial charge in [0.15, 0.2) is 12.1 Å². The van der Waals surface area contributed by atoms with Gasteiger partial charge in [-0.25, -0.2) is 9.67 Å². The highest BCUT2D eigenvalue weighted by atomic mass is 79.9. The van der Waals surface area contributed by atoms with Crippen LogP contribution in [0.2, 0.25) is 5.02 Å². The Kier molecular flexibility index (Phi) is 3.36. The van der Waals surface area contributed by atoms with Crippen molar-refractivity contribution in [2.24, 2.45) is 0 Å². The zero-order chi connectivity index (χ0) is 11.5. The summed E-state index contributed by atoms with van der Waals surface area (Å²) in [5, 5.41) is 5.25. The third-order valence-electron chi connectivity index (χ3n) is 1.98. The average Bonchev–Trinajstić information content (AvgIpc) is 2.72. The lowest BCUT2D eigenvalue weighted by molar-refractivity contribution is 0.111. The van der Waals surface area contributed by atoms with Gasteiger partial charge in [0, 0.05) is 11.5 Å². The Bertz CT molecular complexity index is 527. The first-order valence-corrected chi connectivity index (χ1v) is 5.97. The molecule has 0 aliphatic rings. The summed E-state index contributed by atoms with van der Waals surface area (Å²) in [5.41, 5.74) is 1.18. The number of carbonyl (C=O) groups is 1. The lowest BCUT2D eigenvalue weighted by atomic mass is 10.4. The lowest BCUT2D eigenvalue weighted by Gasteiger charge is -2.03. The first-order valence-electron chi connectivity index (χ1n) is 4.47. The predicted molar refractivity (Wildman–Crippen MR) is 64.4 cm³/mol. The van der Waals surface area contributed by atoms with Crippen molar-refractivity contribution in [3.8, 4) is 5.82 Å². The van der Waals surface area contributed by atoms with E-state index < -0.39 is 0 Å². The number of aromatic nitrogens is 3. The molecule has 0 amide bonds. The van der Waals surface area contributed by atoms with Crippen LogP contribution >= 0.6 is 27.5 Å². The van der Waals surface area contributed by atoms with E-state index in [0.717, 1.165) is 12.0 Å². The fraction of sp³-hybridized carbons (Fsp3) is 0.100. The molecule has 0 saturated heterocycles. The number of hydrogen-bond donors (Lipinski definition) is 0. The topological polar surface area (TPSA) is 47.8 Å². The summed E-state index contributed by atoms with van der Waals surface area (Å²) >= 11 is 9.27. The van der Waals surface area contributed by atoms with Gasteiger partial charge in [0.2, 0.25) is 0 Å². The number of pyridine rings is 1. The van der Waals surface area contributed by atoms with Gasteiger partial charge in [-0.2, -0.15) is 5.10 Å². The smallest absolute Gasteiger partial charge is 0.172 e. The Morgan fingerprint density at radius 1 is 1.56 bits per heavy atom. The van der Waals surface area contributed by atoms with Crippen molar-refractivity contribution in [2.75, 3.05) is 0 Å². The molecule has 0 aromatic carbocycles. The van der Waals surface area contributed by atoms with Gasteiger partial charge in [0.05, 0.1) is 10.7 Å². The van der Waals surface area contributed by atoms with Crippen LogP contribution < -0.4 is 0 Å². The lowest BCUT2D eigenvalue weighted by Crippen LogP contribution is -2.04. The Hall–Kier alpha value is -1.20. The van der Waals surface area contributed by atoms with Crippen molar-refractivity contribution >= 4 is 33.8 Å². The number of carbonyl (C=O) groups excluding carboxylic acids is 1. The van der Waals surface area contributed by atoms with E-state index in [-0.39, 0.29) is 0 Å². The van der Waals surface area contributed by atoms with Gasteiger partial charge in [-0.3, -0.25) is 4.79 Å². The molecule has 0 saturated carbocycles. The van der Waals surface area contributed by atoms with E-state index in [0.29, 0.717) is 21.9 Å². The minimum atomic E-state index is 0.426. The van der Waals surface area contributed by atoms with Crippen LogP contribution in [0, 0.1) is 0 Å². The number of nitrogens with zero attached hydrogens (tertiary/aromatic N) is 3. The summed E-state index contributed by atoms with van der Waals surface area (Å²) in [6, 6.07) is 5.11. The molecule has 0 spiro atoms. The number of alkyl halides is 1. The van der Waals surface area contributed by atoms with Crippen molar-refractivity contribution in [3.05, 3.63) is 40.8 Å². The molecule has 0 fully saturated rings. The third-order valence-corrected chi connectivity index (χ3v) is 2.85. The summed E-state index contributed by atoms with van der Waals surface area (Å²) in [7, 11) is 0. The fourth-order valence-corrected chi connectivity index (χ4v) is 1.77. The largest absolute Gasteiger partial charge is 0.296 e. The van der Waals surface area contributed by atoms with Gasteiger partial charge in [-0.15, -0.1) is 0 Å². The summed E-state index contributed by atoms with van der Waals surface area (Å²) in [6.07, 6.45) is 2.33. The molecule has 0 N–H and O–H groups in total. The van der Waals surface area contributed by atoms with Crippen LogP contribution in [0.5, 0.6) is 0 Å². The van der Waals surface area contributed by atoms with E-state index in [9.17, 15) is 4.79 Å². The van der Waals surface area contributed by atoms with E-state index in [1.165, 1.54) is 4.68 Å². The van der Waals surface area contributed by atoms with Gasteiger partial charge in [0.25, 0.3) is 0 Å². The van der Waals surface area contributed by atoms with Gasteiger partial charge in [0.1, 0.15) is 5.69 Å². The molecular formula is C10H7BrClN3O. The first-order chi connectivity index (χ1) is 7.76. The van der Waals surface area contributed by atoms with Gasteiger partial charge < -0.3 is 0 Å². The van der Waals surface area contributed by atoms with E-state index >= 15 is 0 Å². The summed E-state index contributed by atoms with van der Waals surface area (Å²) in [5.74, 6) is 0.457. The minimum Gasteiger partial charge on any atom is -0.296 e. The molecule has 6 heteroatoms. The van der Waals surface area contributed by atoms with Crippen molar-refractivity contribution in [2.45, 2.75) is 5.33 Å². The van der Waals surface area contributed by atoms with Gasteiger partial charge >= 0.3 is 0 Å². The number of halogens is 2. The molecular weight excluding hydrogens is 293 g/mol. The number of rotatable bonds is 3. The maximum atomic E-state index is 10.9. The summed E-state index contributed by atoms with van der Waals surface area (Å²) in [6.45, 7) is 0. The Morgan fingerprint density at radius 2 is 2.38 bits per heavy atom. The maximum absolute atomic E-state index is 10.9. The molecule has 2 heterocycles. The van der Waals surface area contributed by atoms with Crippen molar-refractivity contribution in [1.82, 2.24) is 14.8 Å². The molecule has 2 aromatic heterocycles. The fourth-order valence-electron chi connectivity index (χ4n) is 1.30. The molecule has 0 aliphatic carbocycles. The molecule has 0 aliphatic heterocycles. The van der Waals surface area contributed by atoms with Crippen molar-refractivity contribution < 1.29 is 4.79 Å².